The Morgan fingerprint density at radius 3 is 2.83 bits per heavy atom. The standard InChI is InChI=1S/C7H7IO4/c1-4(8)7(10)12-5-2-6(9)11-3-5/h5H,1-3H2. The SMILES string of the molecule is C=C(I)C(=O)OC1COC(=O)C1. The van der Waals surface area contributed by atoms with E-state index in [1.54, 1.807) is 22.6 Å². The first-order valence-electron chi connectivity index (χ1n) is 3.30. The maximum atomic E-state index is 10.9. The van der Waals surface area contributed by atoms with Crippen molar-refractivity contribution in [3.63, 3.8) is 0 Å². The summed E-state index contributed by atoms with van der Waals surface area (Å²) in [4.78, 5) is 21.5. The molecule has 0 spiro atoms. The van der Waals surface area contributed by atoms with Gasteiger partial charge in [0.05, 0.1) is 10.0 Å². The van der Waals surface area contributed by atoms with Crippen molar-refractivity contribution in [3.05, 3.63) is 10.2 Å². The summed E-state index contributed by atoms with van der Waals surface area (Å²) in [6.07, 6.45) is -0.285. The molecule has 1 unspecified atom stereocenters. The lowest BCUT2D eigenvalue weighted by atomic mass is 10.3. The molecule has 0 radical (unpaired) electrons. The zero-order chi connectivity index (χ0) is 9.14. The van der Waals surface area contributed by atoms with E-state index < -0.39 is 12.1 Å². The van der Waals surface area contributed by atoms with Crippen LogP contribution in [0.25, 0.3) is 0 Å². The molecule has 1 saturated heterocycles. The van der Waals surface area contributed by atoms with E-state index in [1.165, 1.54) is 0 Å². The Bertz CT molecular complexity index is 236. The third kappa shape index (κ3) is 2.47. The molecule has 66 valence electrons. The molecule has 4 nitrogen and oxygen atoms in total. The van der Waals surface area contributed by atoms with E-state index in [2.05, 4.69) is 11.3 Å². The van der Waals surface area contributed by atoms with Crippen molar-refractivity contribution in [1.29, 1.82) is 0 Å². The minimum atomic E-state index is -0.487. The molecular weight excluding hydrogens is 275 g/mol. The molecular formula is C7H7IO4. The molecule has 1 fully saturated rings. The van der Waals surface area contributed by atoms with Crippen LogP contribution in [0, 0.1) is 0 Å². The highest BCUT2D eigenvalue weighted by atomic mass is 127. The van der Waals surface area contributed by atoms with Gasteiger partial charge in [-0.1, -0.05) is 6.58 Å². The number of carbonyl (C=O) groups excluding carboxylic acids is 2. The molecule has 1 aliphatic heterocycles. The van der Waals surface area contributed by atoms with Gasteiger partial charge in [-0.15, -0.1) is 0 Å². The fraction of sp³-hybridized carbons (Fsp3) is 0.429. The monoisotopic (exact) mass is 282 g/mol. The third-order valence-electron chi connectivity index (χ3n) is 1.32. The van der Waals surface area contributed by atoms with Crippen LogP contribution < -0.4 is 0 Å². The smallest absolute Gasteiger partial charge is 0.344 e. The zero-order valence-corrected chi connectivity index (χ0v) is 8.37. The molecule has 1 rings (SSSR count). The number of hydrogen-bond donors (Lipinski definition) is 0. The number of cyclic esters (lactones) is 1. The van der Waals surface area contributed by atoms with Crippen LogP contribution in [0.1, 0.15) is 6.42 Å². The molecule has 0 aromatic rings. The first-order valence-corrected chi connectivity index (χ1v) is 4.38. The number of esters is 2. The van der Waals surface area contributed by atoms with Gasteiger partial charge in [0.1, 0.15) is 12.7 Å². The van der Waals surface area contributed by atoms with Gasteiger partial charge in [-0.2, -0.15) is 0 Å². The van der Waals surface area contributed by atoms with Crippen LogP contribution in [0.3, 0.4) is 0 Å². The predicted octanol–water partition coefficient (Wildman–Crippen LogP) is 0.794. The Morgan fingerprint density at radius 1 is 1.75 bits per heavy atom. The molecule has 1 aliphatic rings. The molecule has 0 bridgehead atoms. The Morgan fingerprint density at radius 2 is 2.42 bits per heavy atom. The maximum absolute atomic E-state index is 10.9. The molecule has 12 heavy (non-hydrogen) atoms. The largest absolute Gasteiger partial charge is 0.462 e. The summed E-state index contributed by atoms with van der Waals surface area (Å²) in [5.41, 5.74) is 0. The van der Waals surface area contributed by atoms with Gasteiger partial charge in [0.2, 0.25) is 0 Å². The van der Waals surface area contributed by atoms with Crippen LogP contribution in [0.2, 0.25) is 0 Å². The average Bonchev–Trinajstić information content (AvgIpc) is 2.35. The van der Waals surface area contributed by atoms with Crippen molar-refractivity contribution in [1.82, 2.24) is 0 Å². The van der Waals surface area contributed by atoms with Gasteiger partial charge in [0.25, 0.3) is 0 Å². The summed E-state index contributed by atoms with van der Waals surface area (Å²) in [5, 5.41) is 0. The van der Waals surface area contributed by atoms with Gasteiger partial charge in [0.15, 0.2) is 0 Å². The summed E-state index contributed by atoms with van der Waals surface area (Å²) in [7, 11) is 0. The van der Waals surface area contributed by atoms with E-state index in [0.29, 0.717) is 3.58 Å². The van der Waals surface area contributed by atoms with Gasteiger partial charge in [-0.3, -0.25) is 4.79 Å². The molecule has 0 N–H and O–H groups in total. The number of carbonyl (C=O) groups is 2. The van der Waals surface area contributed by atoms with Crippen molar-refractivity contribution in [2.75, 3.05) is 6.61 Å². The third-order valence-corrected chi connectivity index (χ3v) is 1.76. The van der Waals surface area contributed by atoms with Crippen molar-refractivity contribution in [2.24, 2.45) is 0 Å². The molecule has 0 aromatic heterocycles. The lowest BCUT2D eigenvalue weighted by Gasteiger charge is -2.06. The van der Waals surface area contributed by atoms with Crippen LogP contribution in [-0.2, 0) is 19.1 Å². The minimum Gasteiger partial charge on any atom is -0.462 e. The summed E-state index contributed by atoms with van der Waals surface area (Å²) in [5.74, 6) is -0.814. The highest BCUT2D eigenvalue weighted by Crippen LogP contribution is 2.13. The van der Waals surface area contributed by atoms with Crippen LogP contribution in [-0.4, -0.2) is 24.6 Å². The molecule has 0 aliphatic carbocycles. The quantitative estimate of drug-likeness (QED) is 0.427. The van der Waals surface area contributed by atoms with E-state index in [0.717, 1.165) is 0 Å². The second kappa shape index (κ2) is 3.88. The molecule has 1 atom stereocenters. The molecule has 0 aromatic carbocycles. The van der Waals surface area contributed by atoms with Gasteiger partial charge < -0.3 is 9.47 Å². The number of rotatable bonds is 2. The predicted molar refractivity (Wildman–Crippen MR) is 48.6 cm³/mol. The highest BCUT2D eigenvalue weighted by Gasteiger charge is 2.27. The Labute approximate surface area is 83.0 Å². The highest BCUT2D eigenvalue weighted by molar-refractivity contribution is 14.1. The molecule has 0 saturated carbocycles. The van der Waals surface area contributed by atoms with Crippen molar-refractivity contribution in [3.8, 4) is 0 Å². The van der Waals surface area contributed by atoms with E-state index in [9.17, 15) is 9.59 Å². The summed E-state index contributed by atoms with van der Waals surface area (Å²) >= 11 is 1.77. The first-order chi connectivity index (χ1) is 5.59. The Kier molecular flexibility index (Phi) is 3.07. The molecule has 0 amide bonds. The number of hydrogen-bond acceptors (Lipinski definition) is 4. The topological polar surface area (TPSA) is 52.6 Å². The minimum absolute atomic E-state index is 0.148. The van der Waals surface area contributed by atoms with E-state index in [4.69, 9.17) is 4.74 Å². The number of halogens is 1. The van der Waals surface area contributed by atoms with E-state index in [-0.39, 0.29) is 19.0 Å². The Balaban J connectivity index is 2.37. The Hall–Kier alpha value is -0.590. The fourth-order valence-corrected chi connectivity index (χ4v) is 0.908. The van der Waals surface area contributed by atoms with Crippen molar-refractivity contribution >= 4 is 34.5 Å². The van der Waals surface area contributed by atoms with Gasteiger partial charge in [-0.05, 0) is 22.6 Å². The fourth-order valence-electron chi connectivity index (χ4n) is 0.781. The van der Waals surface area contributed by atoms with Crippen LogP contribution in [0.5, 0.6) is 0 Å². The van der Waals surface area contributed by atoms with Gasteiger partial charge in [0, 0.05) is 0 Å². The molecule has 5 heteroatoms. The summed E-state index contributed by atoms with van der Waals surface area (Å²) < 4.78 is 9.75. The second-order valence-corrected chi connectivity index (χ2v) is 3.62. The van der Waals surface area contributed by atoms with Crippen LogP contribution >= 0.6 is 22.6 Å². The summed E-state index contributed by atoms with van der Waals surface area (Å²) in [6, 6.07) is 0. The normalized spacial score (nSPS) is 21.8. The van der Waals surface area contributed by atoms with E-state index in [1.807, 2.05) is 0 Å². The number of ether oxygens (including phenoxy) is 2. The lowest BCUT2D eigenvalue weighted by Crippen LogP contribution is -2.17. The second-order valence-electron chi connectivity index (χ2n) is 2.32. The summed E-state index contributed by atoms with van der Waals surface area (Å²) in [6.45, 7) is 3.56. The first kappa shape index (κ1) is 9.50. The average molecular weight is 282 g/mol. The van der Waals surface area contributed by atoms with Crippen molar-refractivity contribution < 1.29 is 19.1 Å². The van der Waals surface area contributed by atoms with Crippen molar-refractivity contribution in [2.45, 2.75) is 12.5 Å². The van der Waals surface area contributed by atoms with Crippen LogP contribution in [0.4, 0.5) is 0 Å². The molecule has 1 heterocycles. The van der Waals surface area contributed by atoms with Gasteiger partial charge >= 0.3 is 11.9 Å². The van der Waals surface area contributed by atoms with Crippen LogP contribution in [0.15, 0.2) is 10.2 Å². The maximum Gasteiger partial charge on any atom is 0.344 e. The van der Waals surface area contributed by atoms with Gasteiger partial charge in [-0.25, -0.2) is 4.79 Å². The zero-order valence-electron chi connectivity index (χ0n) is 6.21. The lowest BCUT2D eigenvalue weighted by molar-refractivity contribution is -0.143. The van der Waals surface area contributed by atoms with E-state index >= 15 is 0 Å².